The first kappa shape index (κ1) is 22.0. The molecule has 2 aliphatic rings. The quantitative estimate of drug-likeness (QED) is 0.485. The Balaban J connectivity index is 1.38. The molecule has 0 atom stereocenters. The van der Waals surface area contributed by atoms with Gasteiger partial charge in [0.05, 0.1) is 18.1 Å². The Labute approximate surface area is 196 Å². The fraction of sp³-hybridized carbons (Fsp3) is 0.160. The molecule has 3 aromatic carbocycles. The van der Waals surface area contributed by atoms with Crippen molar-refractivity contribution in [3.8, 4) is 0 Å². The van der Waals surface area contributed by atoms with Gasteiger partial charge < -0.3 is 9.64 Å². The number of nitrogens with zero attached hydrogens (tertiary/aromatic N) is 1. The summed E-state index contributed by atoms with van der Waals surface area (Å²) < 4.78 is 33.7. The maximum atomic E-state index is 13.0. The highest BCUT2D eigenvalue weighted by Crippen LogP contribution is 2.29. The summed E-state index contributed by atoms with van der Waals surface area (Å²) >= 11 is 0. The molecule has 1 saturated heterocycles. The SMILES string of the molecule is O=C1c2ccccc2C(=O)c2cc(S(=O)(=O)Nc3ccc(C(=O)N4CCOCC4)cc3)ccc21. The van der Waals surface area contributed by atoms with E-state index in [1.54, 1.807) is 41.3 Å². The number of rotatable bonds is 4. The van der Waals surface area contributed by atoms with Crippen LogP contribution in [0.2, 0.25) is 0 Å². The van der Waals surface area contributed by atoms with Crippen molar-refractivity contribution >= 4 is 33.2 Å². The fourth-order valence-corrected chi connectivity index (χ4v) is 5.17. The van der Waals surface area contributed by atoms with Crippen molar-refractivity contribution in [1.82, 2.24) is 4.90 Å². The summed E-state index contributed by atoms with van der Waals surface area (Å²) in [5, 5.41) is 0. The summed E-state index contributed by atoms with van der Waals surface area (Å²) in [4.78, 5) is 39.8. The summed E-state index contributed by atoms with van der Waals surface area (Å²) in [5.41, 5.74) is 1.50. The number of fused-ring (bicyclic) bond motifs is 2. The third-order valence-corrected chi connectivity index (χ3v) is 7.27. The topological polar surface area (TPSA) is 110 Å². The largest absolute Gasteiger partial charge is 0.378 e. The molecule has 0 unspecified atom stereocenters. The van der Waals surface area contributed by atoms with E-state index in [1.165, 1.54) is 30.3 Å². The van der Waals surface area contributed by atoms with Crippen LogP contribution in [-0.4, -0.2) is 57.1 Å². The Morgan fingerprint density at radius 3 is 2.03 bits per heavy atom. The van der Waals surface area contributed by atoms with Crippen LogP contribution in [0.3, 0.4) is 0 Å². The van der Waals surface area contributed by atoms with E-state index >= 15 is 0 Å². The van der Waals surface area contributed by atoms with Gasteiger partial charge in [-0.2, -0.15) is 0 Å². The Hall–Kier alpha value is -3.82. The lowest BCUT2D eigenvalue weighted by Crippen LogP contribution is -2.40. The van der Waals surface area contributed by atoms with Crippen LogP contribution in [0.1, 0.15) is 42.2 Å². The van der Waals surface area contributed by atoms with Gasteiger partial charge in [0.25, 0.3) is 15.9 Å². The van der Waals surface area contributed by atoms with Gasteiger partial charge in [0, 0.05) is 46.6 Å². The van der Waals surface area contributed by atoms with Crippen LogP contribution in [0.25, 0.3) is 0 Å². The van der Waals surface area contributed by atoms with E-state index in [9.17, 15) is 22.8 Å². The van der Waals surface area contributed by atoms with Gasteiger partial charge in [0.15, 0.2) is 11.6 Å². The minimum absolute atomic E-state index is 0.0537. The maximum Gasteiger partial charge on any atom is 0.261 e. The summed E-state index contributed by atoms with van der Waals surface area (Å²) in [6.07, 6.45) is 0. The molecule has 0 aromatic heterocycles. The first-order valence-corrected chi connectivity index (χ1v) is 12.2. The second-order valence-electron chi connectivity index (χ2n) is 8.00. The van der Waals surface area contributed by atoms with Gasteiger partial charge in [-0.05, 0) is 42.5 Å². The second-order valence-corrected chi connectivity index (χ2v) is 9.68. The zero-order chi connectivity index (χ0) is 23.9. The highest BCUT2D eigenvalue weighted by molar-refractivity contribution is 7.92. The average Bonchev–Trinajstić information content (AvgIpc) is 2.87. The van der Waals surface area contributed by atoms with E-state index in [4.69, 9.17) is 4.74 Å². The first-order chi connectivity index (χ1) is 16.3. The van der Waals surface area contributed by atoms with Gasteiger partial charge in [-0.15, -0.1) is 0 Å². The van der Waals surface area contributed by atoms with Gasteiger partial charge in [0.2, 0.25) is 0 Å². The number of amides is 1. The van der Waals surface area contributed by atoms with Crippen molar-refractivity contribution in [3.05, 3.63) is 94.5 Å². The normalized spacial score (nSPS) is 15.5. The van der Waals surface area contributed by atoms with Crippen LogP contribution < -0.4 is 4.72 Å². The van der Waals surface area contributed by atoms with E-state index in [2.05, 4.69) is 4.72 Å². The minimum Gasteiger partial charge on any atom is -0.378 e. The standard InChI is InChI=1S/C25H20N2O6S/c28-23-19-3-1-2-4-20(19)24(29)22-15-18(9-10-21(22)23)34(31,32)26-17-7-5-16(6-8-17)25(30)27-11-13-33-14-12-27/h1-10,15,26H,11-14H2. The molecule has 1 aliphatic heterocycles. The highest BCUT2D eigenvalue weighted by Gasteiger charge is 2.31. The zero-order valence-corrected chi connectivity index (χ0v) is 18.8. The lowest BCUT2D eigenvalue weighted by molar-refractivity contribution is 0.0303. The van der Waals surface area contributed by atoms with Crippen molar-refractivity contribution in [2.45, 2.75) is 4.90 Å². The third-order valence-electron chi connectivity index (χ3n) is 5.89. The Morgan fingerprint density at radius 1 is 0.794 bits per heavy atom. The molecule has 1 amide bonds. The molecule has 9 heteroatoms. The number of carbonyl (C=O) groups excluding carboxylic acids is 3. The average molecular weight is 477 g/mol. The molecule has 1 aliphatic carbocycles. The van der Waals surface area contributed by atoms with Gasteiger partial charge in [-0.3, -0.25) is 19.1 Å². The number of ether oxygens (including phenoxy) is 1. The molecular formula is C25H20N2O6S. The van der Waals surface area contributed by atoms with Crippen molar-refractivity contribution in [1.29, 1.82) is 0 Å². The molecule has 1 heterocycles. The predicted octanol–water partition coefficient (Wildman–Crippen LogP) is 2.74. The molecule has 1 fully saturated rings. The molecule has 34 heavy (non-hydrogen) atoms. The van der Waals surface area contributed by atoms with E-state index in [1.807, 2.05) is 0 Å². The molecule has 1 N–H and O–H groups in total. The van der Waals surface area contributed by atoms with Crippen LogP contribution in [0.15, 0.2) is 71.6 Å². The van der Waals surface area contributed by atoms with Crippen LogP contribution in [-0.2, 0) is 14.8 Å². The molecule has 0 saturated carbocycles. The fourth-order valence-electron chi connectivity index (χ4n) is 4.09. The van der Waals surface area contributed by atoms with E-state index < -0.39 is 15.8 Å². The van der Waals surface area contributed by atoms with Gasteiger partial charge >= 0.3 is 0 Å². The zero-order valence-electron chi connectivity index (χ0n) is 18.0. The van der Waals surface area contributed by atoms with E-state index in [0.717, 1.165) is 0 Å². The van der Waals surface area contributed by atoms with Crippen LogP contribution in [0.4, 0.5) is 5.69 Å². The number of nitrogens with one attached hydrogen (secondary N) is 1. The molecule has 0 spiro atoms. The van der Waals surface area contributed by atoms with Gasteiger partial charge in [0.1, 0.15) is 0 Å². The van der Waals surface area contributed by atoms with E-state index in [-0.39, 0.29) is 39.0 Å². The predicted molar refractivity (Wildman–Crippen MR) is 124 cm³/mol. The number of ketones is 2. The van der Waals surface area contributed by atoms with Crippen LogP contribution in [0, 0.1) is 0 Å². The van der Waals surface area contributed by atoms with Crippen molar-refractivity contribution < 1.29 is 27.5 Å². The summed E-state index contributed by atoms with van der Waals surface area (Å²) in [6, 6.07) is 16.5. The van der Waals surface area contributed by atoms with Crippen molar-refractivity contribution in [2.75, 3.05) is 31.0 Å². The van der Waals surface area contributed by atoms with Crippen molar-refractivity contribution in [3.63, 3.8) is 0 Å². The lowest BCUT2D eigenvalue weighted by Gasteiger charge is -2.26. The number of carbonyl (C=O) groups is 3. The number of sulfonamides is 1. The lowest BCUT2D eigenvalue weighted by atomic mass is 9.84. The molecule has 8 nitrogen and oxygen atoms in total. The Kier molecular flexibility index (Phi) is 5.51. The molecule has 5 rings (SSSR count). The molecule has 3 aromatic rings. The van der Waals surface area contributed by atoms with Gasteiger partial charge in [-0.25, -0.2) is 8.42 Å². The summed E-state index contributed by atoms with van der Waals surface area (Å²) in [5.74, 6) is -0.855. The minimum atomic E-state index is -4.04. The number of benzene rings is 3. The summed E-state index contributed by atoms with van der Waals surface area (Å²) in [6.45, 7) is 2.00. The third kappa shape index (κ3) is 3.89. The number of hydrogen-bond acceptors (Lipinski definition) is 6. The molecule has 172 valence electrons. The van der Waals surface area contributed by atoms with Crippen LogP contribution in [0.5, 0.6) is 0 Å². The highest BCUT2D eigenvalue weighted by atomic mass is 32.2. The van der Waals surface area contributed by atoms with Crippen molar-refractivity contribution in [2.24, 2.45) is 0 Å². The van der Waals surface area contributed by atoms with Crippen LogP contribution >= 0.6 is 0 Å². The first-order valence-electron chi connectivity index (χ1n) is 10.7. The molecule has 0 radical (unpaired) electrons. The number of morpholine rings is 1. The smallest absolute Gasteiger partial charge is 0.261 e. The number of hydrogen-bond donors (Lipinski definition) is 1. The second kappa shape index (κ2) is 8.51. The van der Waals surface area contributed by atoms with E-state index in [0.29, 0.717) is 37.4 Å². The monoisotopic (exact) mass is 476 g/mol. The Bertz CT molecular complexity index is 1420. The Morgan fingerprint density at radius 2 is 1.38 bits per heavy atom. The molecule has 0 bridgehead atoms. The number of anilines is 1. The van der Waals surface area contributed by atoms with Gasteiger partial charge in [-0.1, -0.05) is 24.3 Å². The summed E-state index contributed by atoms with van der Waals surface area (Å²) in [7, 11) is -4.04. The maximum absolute atomic E-state index is 13.0. The molecular weight excluding hydrogens is 456 g/mol.